The lowest BCUT2D eigenvalue weighted by molar-refractivity contribution is -0.117. The molecule has 4 bridgehead atoms. The molecule has 6 rings (SSSR count). The summed E-state index contributed by atoms with van der Waals surface area (Å²) in [6.07, 6.45) is 8.90. The predicted octanol–water partition coefficient (Wildman–Crippen LogP) is 5.14. The summed E-state index contributed by atoms with van der Waals surface area (Å²) < 4.78 is 0. The Morgan fingerprint density at radius 1 is 1.11 bits per heavy atom. The zero-order valence-corrected chi connectivity index (χ0v) is 16.7. The van der Waals surface area contributed by atoms with E-state index in [1.165, 1.54) is 43.5 Å². The Bertz CT molecular complexity index is 796. The van der Waals surface area contributed by atoms with Gasteiger partial charge in [0.2, 0.25) is 11.0 Å². The normalized spacial score (nSPS) is 32.4. The van der Waals surface area contributed by atoms with Gasteiger partial charge in [0.25, 0.3) is 0 Å². The van der Waals surface area contributed by atoms with Crippen molar-refractivity contribution in [2.24, 2.45) is 17.8 Å². The van der Waals surface area contributed by atoms with Crippen LogP contribution in [0.1, 0.15) is 68.4 Å². The van der Waals surface area contributed by atoms with Crippen LogP contribution in [0.4, 0.5) is 5.13 Å². The second kappa shape index (κ2) is 6.69. The van der Waals surface area contributed by atoms with Crippen LogP contribution in [0.25, 0.3) is 0 Å². The standard InChI is InChI=1S/C22H27N3OS/c1-2-18(17-6-4-3-5-7-17)19(26)23-21-25-24-20(27-21)22-11-14-8-15(12-22)10-16(9-14)13-22/h3-7,14-16,18H,2,8-13H2,1H3,(H,23,25,26). The van der Waals surface area contributed by atoms with Crippen LogP contribution in [-0.2, 0) is 10.2 Å². The van der Waals surface area contributed by atoms with Crippen molar-refractivity contribution in [3.63, 3.8) is 0 Å². The molecule has 1 heterocycles. The zero-order valence-electron chi connectivity index (χ0n) is 15.9. The Hall–Kier alpha value is -1.75. The number of hydrogen-bond donors (Lipinski definition) is 1. The number of anilines is 1. The fourth-order valence-corrected chi connectivity index (χ4v) is 7.28. The van der Waals surface area contributed by atoms with Gasteiger partial charge in [0.15, 0.2) is 0 Å². The summed E-state index contributed by atoms with van der Waals surface area (Å²) in [7, 11) is 0. The van der Waals surface area contributed by atoms with Gasteiger partial charge in [-0.25, -0.2) is 0 Å². The number of amides is 1. The number of benzene rings is 1. The summed E-state index contributed by atoms with van der Waals surface area (Å²) in [5, 5.41) is 13.8. The van der Waals surface area contributed by atoms with Gasteiger partial charge in [-0.1, -0.05) is 48.6 Å². The van der Waals surface area contributed by atoms with Crippen molar-refractivity contribution in [1.29, 1.82) is 0 Å². The quantitative estimate of drug-likeness (QED) is 0.780. The molecule has 4 aliphatic rings. The van der Waals surface area contributed by atoms with E-state index in [2.05, 4.69) is 22.4 Å². The maximum Gasteiger partial charge on any atom is 0.233 e. The fourth-order valence-electron chi connectivity index (χ4n) is 6.31. The molecule has 2 aromatic rings. The van der Waals surface area contributed by atoms with Gasteiger partial charge in [-0.15, -0.1) is 10.2 Å². The van der Waals surface area contributed by atoms with Gasteiger partial charge in [-0.05, 0) is 68.3 Å². The van der Waals surface area contributed by atoms with E-state index in [-0.39, 0.29) is 17.2 Å². The van der Waals surface area contributed by atoms with E-state index >= 15 is 0 Å². The van der Waals surface area contributed by atoms with Crippen LogP contribution in [0, 0.1) is 17.8 Å². The highest BCUT2D eigenvalue weighted by molar-refractivity contribution is 7.15. The van der Waals surface area contributed by atoms with E-state index in [1.807, 2.05) is 30.3 Å². The molecule has 1 aromatic carbocycles. The van der Waals surface area contributed by atoms with Gasteiger partial charge in [0.1, 0.15) is 5.01 Å². The topological polar surface area (TPSA) is 54.9 Å². The van der Waals surface area contributed by atoms with Gasteiger partial charge >= 0.3 is 0 Å². The summed E-state index contributed by atoms with van der Waals surface area (Å²) in [6.45, 7) is 2.05. The lowest BCUT2D eigenvalue weighted by Gasteiger charge is -2.55. The molecule has 1 N–H and O–H groups in total. The summed E-state index contributed by atoms with van der Waals surface area (Å²) in [6, 6.07) is 10.0. The van der Waals surface area contributed by atoms with E-state index < -0.39 is 0 Å². The summed E-state index contributed by atoms with van der Waals surface area (Å²) in [4.78, 5) is 12.8. The smallest absolute Gasteiger partial charge is 0.233 e. The van der Waals surface area contributed by atoms with Crippen LogP contribution in [-0.4, -0.2) is 16.1 Å². The van der Waals surface area contributed by atoms with Crippen LogP contribution in [0.2, 0.25) is 0 Å². The summed E-state index contributed by atoms with van der Waals surface area (Å²) in [5.41, 5.74) is 1.31. The van der Waals surface area contributed by atoms with Crippen LogP contribution >= 0.6 is 11.3 Å². The Labute approximate surface area is 164 Å². The lowest BCUT2D eigenvalue weighted by Crippen LogP contribution is -2.48. The number of nitrogens with zero attached hydrogens (tertiary/aromatic N) is 2. The lowest BCUT2D eigenvalue weighted by atomic mass is 9.50. The van der Waals surface area contributed by atoms with Crippen LogP contribution in [0.3, 0.4) is 0 Å². The molecule has 1 amide bonds. The van der Waals surface area contributed by atoms with Gasteiger partial charge in [-0.2, -0.15) is 0 Å². The minimum atomic E-state index is -0.141. The van der Waals surface area contributed by atoms with Crippen LogP contribution in [0.15, 0.2) is 30.3 Å². The minimum Gasteiger partial charge on any atom is -0.300 e. The third-order valence-corrected chi connectivity index (χ3v) is 8.16. The Balaban J connectivity index is 1.33. The molecular formula is C22H27N3OS. The highest BCUT2D eigenvalue weighted by Crippen LogP contribution is 2.61. The third kappa shape index (κ3) is 3.10. The maximum atomic E-state index is 12.8. The van der Waals surface area contributed by atoms with E-state index in [0.29, 0.717) is 5.13 Å². The molecular weight excluding hydrogens is 354 g/mol. The molecule has 4 fully saturated rings. The molecule has 4 aliphatic carbocycles. The van der Waals surface area contributed by atoms with E-state index in [0.717, 1.165) is 29.7 Å². The highest BCUT2D eigenvalue weighted by Gasteiger charge is 2.53. The van der Waals surface area contributed by atoms with Crippen molar-refractivity contribution in [2.75, 3.05) is 5.32 Å². The largest absolute Gasteiger partial charge is 0.300 e. The molecule has 0 radical (unpaired) electrons. The zero-order chi connectivity index (χ0) is 18.4. The first-order valence-electron chi connectivity index (χ1n) is 10.3. The number of carbonyl (C=O) groups excluding carboxylic acids is 1. The molecule has 5 heteroatoms. The average Bonchev–Trinajstić information content (AvgIpc) is 3.11. The molecule has 142 valence electrons. The molecule has 0 saturated heterocycles. The molecule has 4 nitrogen and oxygen atoms in total. The van der Waals surface area contributed by atoms with Gasteiger partial charge in [0, 0.05) is 5.41 Å². The maximum absolute atomic E-state index is 12.8. The van der Waals surface area contributed by atoms with Gasteiger partial charge < -0.3 is 0 Å². The molecule has 0 spiro atoms. The summed E-state index contributed by atoms with van der Waals surface area (Å²) >= 11 is 1.62. The Morgan fingerprint density at radius 3 is 2.33 bits per heavy atom. The van der Waals surface area contributed by atoms with Gasteiger partial charge in [-0.3, -0.25) is 10.1 Å². The molecule has 1 aromatic heterocycles. The average molecular weight is 382 g/mol. The third-order valence-electron chi connectivity index (χ3n) is 7.07. The molecule has 1 atom stereocenters. The van der Waals surface area contributed by atoms with Crippen molar-refractivity contribution in [1.82, 2.24) is 10.2 Å². The second-order valence-electron chi connectivity index (χ2n) is 8.97. The number of nitrogens with one attached hydrogen (secondary N) is 1. The van der Waals surface area contributed by atoms with E-state index in [1.54, 1.807) is 11.3 Å². The first-order valence-corrected chi connectivity index (χ1v) is 11.2. The van der Waals surface area contributed by atoms with Gasteiger partial charge in [0.05, 0.1) is 5.92 Å². The fraction of sp³-hybridized carbons (Fsp3) is 0.591. The van der Waals surface area contributed by atoms with Crippen molar-refractivity contribution in [2.45, 2.75) is 63.2 Å². The number of carbonyl (C=O) groups is 1. The number of aromatic nitrogens is 2. The second-order valence-corrected chi connectivity index (χ2v) is 9.95. The van der Waals surface area contributed by atoms with Crippen LogP contribution in [0.5, 0.6) is 0 Å². The molecule has 4 saturated carbocycles. The van der Waals surface area contributed by atoms with Crippen molar-refractivity contribution in [3.8, 4) is 0 Å². The molecule has 27 heavy (non-hydrogen) atoms. The Kier molecular flexibility index (Phi) is 4.30. The summed E-state index contributed by atoms with van der Waals surface area (Å²) in [5.74, 6) is 2.55. The molecule has 0 aliphatic heterocycles. The van der Waals surface area contributed by atoms with Crippen molar-refractivity contribution in [3.05, 3.63) is 40.9 Å². The van der Waals surface area contributed by atoms with E-state index in [4.69, 9.17) is 0 Å². The predicted molar refractivity (Wildman–Crippen MR) is 108 cm³/mol. The Morgan fingerprint density at radius 2 is 1.74 bits per heavy atom. The molecule has 1 unspecified atom stereocenters. The van der Waals surface area contributed by atoms with Crippen LogP contribution < -0.4 is 5.32 Å². The first-order chi connectivity index (χ1) is 13.1. The minimum absolute atomic E-state index is 0.0249. The monoisotopic (exact) mass is 381 g/mol. The van der Waals surface area contributed by atoms with E-state index in [9.17, 15) is 4.79 Å². The van der Waals surface area contributed by atoms with Crippen molar-refractivity contribution >= 4 is 22.4 Å². The number of rotatable bonds is 5. The van der Waals surface area contributed by atoms with Crippen molar-refractivity contribution < 1.29 is 4.79 Å². The SMILES string of the molecule is CCC(C(=O)Nc1nnc(C23CC4CC(CC(C4)C2)C3)s1)c1ccccc1. The first kappa shape index (κ1) is 17.4. The highest BCUT2D eigenvalue weighted by atomic mass is 32.1. The number of hydrogen-bond acceptors (Lipinski definition) is 4.